The maximum atomic E-state index is 12.2. The molecule has 6 heteroatoms. The van der Waals surface area contributed by atoms with Crippen LogP contribution in [0.4, 0.5) is 0 Å². The number of nitrogens with zero attached hydrogens (tertiary/aromatic N) is 3. The predicted octanol–water partition coefficient (Wildman–Crippen LogP) is 1.26. The quantitative estimate of drug-likeness (QED) is 0.849. The Morgan fingerprint density at radius 1 is 1.39 bits per heavy atom. The van der Waals surface area contributed by atoms with Crippen molar-refractivity contribution >= 4 is 5.91 Å². The second kappa shape index (κ2) is 5.64. The Bertz CT molecular complexity index is 666. The Labute approximate surface area is 135 Å². The smallest absolute Gasteiger partial charge is 0.298 e. The number of β-amino-alcohol motifs (C(OH)–C–C–N with tert-alkyl or cyclic N) is 1. The van der Waals surface area contributed by atoms with E-state index in [1.807, 2.05) is 0 Å². The van der Waals surface area contributed by atoms with E-state index in [0.29, 0.717) is 37.1 Å². The molecule has 3 aliphatic rings. The van der Waals surface area contributed by atoms with Gasteiger partial charge in [-0.2, -0.15) is 4.98 Å². The highest BCUT2D eigenvalue weighted by molar-refractivity contribution is 5.93. The minimum absolute atomic E-state index is 0.181. The van der Waals surface area contributed by atoms with E-state index < -0.39 is 5.60 Å². The summed E-state index contributed by atoms with van der Waals surface area (Å²) in [4.78, 5) is 18.2. The van der Waals surface area contributed by atoms with Crippen molar-refractivity contribution < 1.29 is 14.4 Å². The molecule has 1 saturated heterocycles. The average molecular weight is 315 g/mol. The molecule has 1 N–H and O–H groups in total. The average Bonchev–Trinajstić information content (AvgIpc) is 3.44. The summed E-state index contributed by atoms with van der Waals surface area (Å²) in [5.41, 5.74) is -0.997. The van der Waals surface area contributed by atoms with Crippen molar-refractivity contribution in [2.24, 2.45) is 5.92 Å². The number of carbonyl (C=O) groups excluding carboxylic acids is 1. The first kappa shape index (κ1) is 14.7. The Kier molecular flexibility index (Phi) is 3.61. The molecule has 0 aromatic carbocycles. The summed E-state index contributed by atoms with van der Waals surface area (Å²) in [5.74, 6) is 7.58. The van der Waals surface area contributed by atoms with Gasteiger partial charge in [0.2, 0.25) is 5.89 Å². The largest absolute Gasteiger partial charge is 0.388 e. The summed E-state index contributed by atoms with van der Waals surface area (Å²) in [6, 6.07) is 0. The topological polar surface area (TPSA) is 79.5 Å². The van der Waals surface area contributed by atoms with E-state index in [4.69, 9.17) is 4.52 Å². The summed E-state index contributed by atoms with van der Waals surface area (Å²) in [7, 11) is 0. The maximum Gasteiger partial charge on any atom is 0.298 e. The van der Waals surface area contributed by atoms with E-state index in [9.17, 15) is 9.90 Å². The minimum atomic E-state index is -0.997. The highest BCUT2D eigenvalue weighted by Crippen LogP contribution is 2.38. The number of carbonyl (C=O) groups is 1. The number of aromatic nitrogens is 2. The van der Waals surface area contributed by atoms with Crippen LogP contribution in [0.15, 0.2) is 4.52 Å². The molecule has 1 aromatic rings. The fraction of sp³-hybridized carbons (Fsp3) is 0.706. The summed E-state index contributed by atoms with van der Waals surface area (Å²) in [6.07, 6.45) is 6.13. The fourth-order valence-corrected chi connectivity index (χ4v) is 3.03. The standard InChI is InChI=1S/C17H21N3O3/c21-15(7-4-12-2-3-12)20-9-1-8-17(22,11-20)10-14-18-16(19-23-14)13-5-6-13/h12-13,22H,1-3,5-6,8-11H2. The van der Waals surface area contributed by atoms with Gasteiger partial charge in [0.05, 0.1) is 18.6 Å². The molecular weight excluding hydrogens is 294 g/mol. The number of aliphatic hydroxyl groups is 1. The van der Waals surface area contributed by atoms with Crippen LogP contribution in [0, 0.1) is 17.8 Å². The van der Waals surface area contributed by atoms with Gasteiger partial charge in [0, 0.05) is 18.4 Å². The molecule has 3 fully saturated rings. The summed E-state index contributed by atoms with van der Waals surface area (Å²) < 4.78 is 5.26. The fourth-order valence-electron chi connectivity index (χ4n) is 3.03. The summed E-state index contributed by atoms with van der Waals surface area (Å²) in [5, 5.41) is 14.8. The Balaban J connectivity index is 1.40. The zero-order valence-corrected chi connectivity index (χ0v) is 13.1. The first-order chi connectivity index (χ1) is 11.1. The molecule has 2 heterocycles. The van der Waals surface area contributed by atoms with E-state index in [0.717, 1.165) is 37.9 Å². The first-order valence-electron chi connectivity index (χ1n) is 8.47. The van der Waals surface area contributed by atoms with Crippen LogP contribution in [0.5, 0.6) is 0 Å². The molecule has 1 unspecified atom stereocenters. The third-order valence-electron chi connectivity index (χ3n) is 4.71. The lowest BCUT2D eigenvalue weighted by molar-refractivity contribution is -0.132. The molecule has 1 atom stereocenters. The van der Waals surface area contributed by atoms with Gasteiger partial charge >= 0.3 is 0 Å². The molecule has 1 aromatic heterocycles. The van der Waals surface area contributed by atoms with Crippen molar-refractivity contribution in [3.05, 3.63) is 11.7 Å². The molecule has 2 saturated carbocycles. The Morgan fingerprint density at radius 3 is 2.96 bits per heavy atom. The number of hydrogen-bond acceptors (Lipinski definition) is 5. The van der Waals surface area contributed by atoms with Crippen LogP contribution in [0.2, 0.25) is 0 Å². The van der Waals surface area contributed by atoms with Crippen molar-refractivity contribution in [1.29, 1.82) is 0 Å². The van der Waals surface area contributed by atoms with Crippen LogP contribution in [-0.4, -0.2) is 44.7 Å². The molecule has 6 nitrogen and oxygen atoms in total. The first-order valence-corrected chi connectivity index (χ1v) is 8.47. The van der Waals surface area contributed by atoms with Gasteiger partial charge in [-0.25, -0.2) is 0 Å². The van der Waals surface area contributed by atoms with Crippen molar-refractivity contribution in [3.63, 3.8) is 0 Å². The van der Waals surface area contributed by atoms with Crippen molar-refractivity contribution in [1.82, 2.24) is 15.0 Å². The van der Waals surface area contributed by atoms with Gasteiger partial charge in [-0.15, -0.1) is 0 Å². The normalized spacial score (nSPS) is 27.4. The van der Waals surface area contributed by atoms with Crippen molar-refractivity contribution in [2.75, 3.05) is 13.1 Å². The van der Waals surface area contributed by atoms with Gasteiger partial charge in [-0.3, -0.25) is 4.79 Å². The monoisotopic (exact) mass is 315 g/mol. The molecule has 0 spiro atoms. The van der Waals surface area contributed by atoms with Gasteiger partial charge in [-0.1, -0.05) is 11.1 Å². The number of rotatable bonds is 3. The molecular formula is C17H21N3O3. The van der Waals surface area contributed by atoms with E-state index in [-0.39, 0.29) is 12.5 Å². The highest BCUT2D eigenvalue weighted by atomic mass is 16.5. The predicted molar refractivity (Wildman–Crippen MR) is 81.2 cm³/mol. The number of likely N-dealkylation sites (tertiary alicyclic amines) is 1. The van der Waals surface area contributed by atoms with Crippen molar-refractivity contribution in [2.45, 2.75) is 56.5 Å². The zero-order chi connectivity index (χ0) is 15.9. The number of amides is 1. The van der Waals surface area contributed by atoms with E-state index in [1.165, 1.54) is 0 Å². The molecule has 0 bridgehead atoms. The van der Waals surface area contributed by atoms with Crippen LogP contribution in [0.3, 0.4) is 0 Å². The molecule has 122 valence electrons. The molecule has 0 radical (unpaired) electrons. The van der Waals surface area contributed by atoms with Gasteiger partial charge in [0.1, 0.15) is 0 Å². The van der Waals surface area contributed by atoms with E-state index >= 15 is 0 Å². The zero-order valence-electron chi connectivity index (χ0n) is 13.1. The van der Waals surface area contributed by atoms with Crippen molar-refractivity contribution in [3.8, 4) is 11.8 Å². The molecule has 23 heavy (non-hydrogen) atoms. The van der Waals surface area contributed by atoms with Gasteiger partial charge in [0.25, 0.3) is 5.91 Å². The van der Waals surface area contributed by atoms with Gasteiger partial charge in [-0.05, 0) is 44.4 Å². The van der Waals surface area contributed by atoms with Crippen LogP contribution in [0.1, 0.15) is 56.2 Å². The molecule has 4 rings (SSSR count). The van der Waals surface area contributed by atoms with Gasteiger partial charge in [0.15, 0.2) is 5.82 Å². The SMILES string of the molecule is O=C(C#CC1CC1)N1CCCC(O)(Cc2nc(C3CC3)no2)C1. The van der Waals surface area contributed by atoms with Crippen LogP contribution >= 0.6 is 0 Å². The highest BCUT2D eigenvalue weighted by Gasteiger charge is 2.37. The van der Waals surface area contributed by atoms with Gasteiger partial charge < -0.3 is 14.5 Å². The molecule has 1 amide bonds. The van der Waals surface area contributed by atoms with E-state index in [1.54, 1.807) is 4.90 Å². The summed E-state index contributed by atoms with van der Waals surface area (Å²) >= 11 is 0. The lowest BCUT2D eigenvalue weighted by Crippen LogP contribution is -2.51. The lowest BCUT2D eigenvalue weighted by Gasteiger charge is -2.37. The Morgan fingerprint density at radius 2 is 2.22 bits per heavy atom. The number of piperidine rings is 1. The third kappa shape index (κ3) is 3.56. The lowest BCUT2D eigenvalue weighted by atomic mass is 9.89. The third-order valence-corrected chi connectivity index (χ3v) is 4.71. The summed E-state index contributed by atoms with van der Waals surface area (Å²) in [6.45, 7) is 0.934. The molecule has 1 aliphatic heterocycles. The van der Waals surface area contributed by atoms with Crippen LogP contribution < -0.4 is 0 Å². The molecule has 2 aliphatic carbocycles. The minimum Gasteiger partial charge on any atom is -0.388 e. The van der Waals surface area contributed by atoms with Crippen LogP contribution in [0.25, 0.3) is 0 Å². The van der Waals surface area contributed by atoms with Crippen LogP contribution in [-0.2, 0) is 11.2 Å². The number of hydrogen-bond donors (Lipinski definition) is 1. The maximum absolute atomic E-state index is 12.2. The van der Waals surface area contributed by atoms with E-state index in [2.05, 4.69) is 22.0 Å². The second-order valence-corrected chi connectivity index (χ2v) is 7.10. The second-order valence-electron chi connectivity index (χ2n) is 7.10. The Hall–Kier alpha value is -1.87.